The van der Waals surface area contributed by atoms with Crippen LogP contribution >= 0.6 is 11.3 Å². The predicted octanol–water partition coefficient (Wildman–Crippen LogP) is 4.10. The molecule has 0 aromatic carbocycles. The molecule has 0 aliphatic rings. The third-order valence-electron chi connectivity index (χ3n) is 4.04. The number of nitrogens with one attached hydrogen (secondary N) is 1. The molecule has 0 atom stereocenters. The fourth-order valence-corrected chi connectivity index (χ4v) is 3.47. The van der Waals surface area contributed by atoms with Crippen molar-refractivity contribution in [1.82, 2.24) is 4.90 Å². The van der Waals surface area contributed by atoms with E-state index in [1.54, 1.807) is 13.8 Å². The van der Waals surface area contributed by atoms with E-state index in [0.717, 1.165) is 7.11 Å². The number of carbonyl (C=O) groups excluding carboxylic acids is 3. The lowest BCUT2D eigenvalue weighted by Gasteiger charge is -2.26. The molecule has 0 bridgehead atoms. The van der Waals surface area contributed by atoms with Crippen molar-refractivity contribution in [3.8, 4) is 0 Å². The average molecular weight is 466 g/mol. The molecule has 6 nitrogen and oxygen atoms in total. The van der Waals surface area contributed by atoms with E-state index in [4.69, 9.17) is 0 Å². The van der Waals surface area contributed by atoms with E-state index < -0.39 is 46.4 Å². The van der Waals surface area contributed by atoms with Crippen LogP contribution in [0, 0.1) is 6.92 Å². The van der Waals surface area contributed by atoms with Crippen LogP contribution in [0.3, 0.4) is 0 Å². The first kappa shape index (κ1) is 25.7. The van der Waals surface area contributed by atoms with Crippen LogP contribution in [0.5, 0.6) is 0 Å². The lowest BCUT2D eigenvalue weighted by molar-refractivity contribution is -0.343. The first-order valence-corrected chi connectivity index (χ1v) is 9.04. The van der Waals surface area contributed by atoms with Crippen LogP contribution in [0.1, 0.15) is 39.4 Å². The third-order valence-corrected chi connectivity index (χ3v) is 5.24. The minimum absolute atomic E-state index is 0.120. The second-order valence-corrected chi connectivity index (χ2v) is 6.85. The molecule has 30 heavy (non-hydrogen) atoms. The van der Waals surface area contributed by atoms with Gasteiger partial charge >= 0.3 is 29.9 Å². The molecule has 170 valence electrons. The highest BCUT2D eigenvalue weighted by Crippen LogP contribution is 2.47. The third kappa shape index (κ3) is 4.37. The Kier molecular flexibility index (Phi) is 7.51. The first-order valence-electron chi connectivity index (χ1n) is 8.23. The van der Waals surface area contributed by atoms with E-state index in [0.29, 0.717) is 0 Å². The van der Waals surface area contributed by atoms with E-state index in [9.17, 15) is 45.1 Å². The molecule has 0 saturated heterocycles. The maximum Gasteiger partial charge on any atom is 0.460 e. The smallest absolute Gasteiger partial charge is 0.460 e. The number of thiophene rings is 1. The molecule has 1 rings (SSSR count). The number of ether oxygens (including phenoxy) is 1. The molecule has 14 heteroatoms. The molecular weight excluding hydrogens is 449 g/mol. The molecule has 0 radical (unpaired) electrons. The lowest BCUT2D eigenvalue weighted by atomic mass is 10.1. The molecule has 1 aromatic rings. The van der Waals surface area contributed by atoms with Gasteiger partial charge in [-0.3, -0.25) is 9.59 Å². The van der Waals surface area contributed by atoms with Crippen LogP contribution in [0.15, 0.2) is 0 Å². The van der Waals surface area contributed by atoms with Crippen molar-refractivity contribution in [3.63, 3.8) is 0 Å². The Morgan fingerprint density at radius 3 is 1.93 bits per heavy atom. The highest BCUT2D eigenvalue weighted by molar-refractivity contribution is 7.18. The summed E-state index contributed by atoms with van der Waals surface area (Å²) in [6.45, 7) is 4.88. The fourth-order valence-electron chi connectivity index (χ4n) is 2.31. The van der Waals surface area contributed by atoms with E-state index in [-0.39, 0.29) is 34.9 Å². The quantitative estimate of drug-likeness (QED) is 0.485. The molecule has 1 N–H and O–H groups in total. The molecule has 0 saturated carbocycles. The molecule has 0 aliphatic heterocycles. The van der Waals surface area contributed by atoms with Crippen LogP contribution in [-0.4, -0.2) is 60.9 Å². The molecule has 0 fully saturated rings. The highest BCUT2D eigenvalue weighted by atomic mass is 32.1. The zero-order valence-electron chi connectivity index (χ0n) is 16.0. The molecule has 2 amide bonds. The summed E-state index contributed by atoms with van der Waals surface area (Å²) >= 11 is 0.276. The van der Waals surface area contributed by atoms with Crippen LogP contribution in [0.25, 0.3) is 0 Å². The Morgan fingerprint density at radius 1 is 1.03 bits per heavy atom. The highest BCUT2D eigenvalue weighted by Gasteiger charge is 2.76. The van der Waals surface area contributed by atoms with Crippen LogP contribution in [0.4, 0.5) is 35.7 Å². The zero-order chi connectivity index (χ0) is 23.7. The number of rotatable bonds is 7. The molecule has 1 aromatic heterocycles. The van der Waals surface area contributed by atoms with Gasteiger partial charge in [0.05, 0.1) is 17.6 Å². The van der Waals surface area contributed by atoms with E-state index in [1.165, 1.54) is 17.1 Å². The van der Waals surface area contributed by atoms with Crippen molar-refractivity contribution in [2.24, 2.45) is 0 Å². The van der Waals surface area contributed by atoms with Gasteiger partial charge in [-0.05, 0) is 26.3 Å². The number of halogens is 7. The van der Waals surface area contributed by atoms with Crippen molar-refractivity contribution < 1.29 is 49.9 Å². The maximum atomic E-state index is 13.6. The monoisotopic (exact) mass is 466 g/mol. The summed E-state index contributed by atoms with van der Waals surface area (Å²) in [6, 6.07) is 0. The van der Waals surface area contributed by atoms with Crippen LogP contribution < -0.4 is 5.32 Å². The van der Waals surface area contributed by atoms with Crippen molar-refractivity contribution in [1.29, 1.82) is 0 Å². The molecular formula is C16H17F7N2O4S. The van der Waals surface area contributed by atoms with Gasteiger partial charge in [0.2, 0.25) is 0 Å². The summed E-state index contributed by atoms with van der Waals surface area (Å²) in [4.78, 5) is 37.2. The predicted molar refractivity (Wildman–Crippen MR) is 92.2 cm³/mol. The molecule has 0 unspecified atom stereocenters. The van der Waals surface area contributed by atoms with Gasteiger partial charge < -0.3 is 15.0 Å². The number of hydrogen-bond acceptors (Lipinski definition) is 5. The van der Waals surface area contributed by atoms with E-state index in [1.807, 2.05) is 0 Å². The Labute approximate surface area is 170 Å². The number of hydrogen-bond donors (Lipinski definition) is 1. The molecule has 0 spiro atoms. The van der Waals surface area contributed by atoms with Crippen LogP contribution in [-0.2, 0) is 9.53 Å². The van der Waals surface area contributed by atoms with Gasteiger partial charge in [0.1, 0.15) is 5.00 Å². The van der Waals surface area contributed by atoms with Crippen LogP contribution in [0.2, 0.25) is 0 Å². The van der Waals surface area contributed by atoms with Gasteiger partial charge in [-0.15, -0.1) is 11.3 Å². The lowest BCUT2D eigenvalue weighted by Crippen LogP contribution is -2.57. The summed E-state index contributed by atoms with van der Waals surface area (Å²) < 4.78 is 94.8. The second kappa shape index (κ2) is 8.78. The number of esters is 1. The van der Waals surface area contributed by atoms with Crippen molar-refractivity contribution in [3.05, 3.63) is 16.0 Å². The maximum absolute atomic E-state index is 13.6. The van der Waals surface area contributed by atoms with Gasteiger partial charge in [0.25, 0.3) is 5.91 Å². The fraction of sp³-hybridized carbons (Fsp3) is 0.562. The Balaban J connectivity index is 3.48. The zero-order valence-corrected chi connectivity index (χ0v) is 16.9. The van der Waals surface area contributed by atoms with E-state index in [2.05, 4.69) is 4.74 Å². The number of nitrogens with zero attached hydrogens (tertiary/aromatic N) is 1. The summed E-state index contributed by atoms with van der Waals surface area (Å²) in [5.41, 5.74) is -0.734. The van der Waals surface area contributed by atoms with Crippen molar-refractivity contribution in [2.45, 2.75) is 38.8 Å². The van der Waals surface area contributed by atoms with Gasteiger partial charge in [-0.1, -0.05) is 0 Å². The van der Waals surface area contributed by atoms with Gasteiger partial charge in [0.15, 0.2) is 0 Å². The average Bonchev–Trinajstić information content (AvgIpc) is 2.96. The second-order valence-electron chi connectivity index (χ2n) is 5.83. The number of alkyl halides is 7. The minimum atomic E-state index is -6.71. The topological polar surface area (TPSA) is 75.7 Å². The largest absolute Gasteiger partial charge is 0.465 e. The number of methoxy groups -OCH3 is 1. The number of carbonyl (C=O) groups is 3. The summed E-state index contributed by atoms with van der Waals surface area (Å²) in [7, 11) is 0.878. The Bertz CT molecular complexity index is 832. The Hall–Kier alpha value is -2.38. The van der Waals surface area contributed by atoms with E-state index >= 15 is 0 Å². The SMILES string of the molecule is CCN(CC)C(=O)c1sc(NC(=O)C(F)(F)C(F)(F)C(F)(F)F)c(C(=O)OC)c1C. The van der Waals surface area contributed by atoms with Gasteiger partial charge in [-0.25, -0.2) is 4.79 Å². The minimum Gasteiger partial charge on any atom is -0.465 e. The number of amides is 2. The number of anilines is 1. The molecule has 0 aliphatic carbocycles. The standard InChI is InChI=1S/C16H17F7N2O4S/c1-5-25(6-2)11(26)9-7(3)8(12(27)29-4)10(30-9)24-13(28)14(17,18)15(19,20)16(21,22)23/h5-6H2,1-4H3,(H,24,28). The van der Waals surface area contributed by atoms with Crippen molar-refractivity contribution in [2.75, 3.05) is 25.5 Å². The van der Waals surface area contributed by atoms with Crippen molar-refractivity contribution >= 4 is 34.1 Å². The summed E-state index contributed by atoms with van der Waals surface area (Å²) in [5.74, 6) is -17.8. The van der Waals surface area contributed by atoms with Gasteiger partial charge in [-0.2, -0.15) is 30.7 Å². The molecule has 1 heterocycles. The summed E-state index contributed by atoms with van der Waals surface area (Å²) in [6.07, 6.45) is -6.71. The summed E-state index contributed by atoms with van der Waals surface area (Å²) in [5, 5.41) is 0.392. The van der Waals surface area contributed by atoms with Gasteiger partial charge in [0, 0.05) is 13.1 Å². The normalized spacial score (nSPS) is 12.5. The Morgan fingerprint density at radius 2 is 1.53 bits per heavy atom. The first-order chi connectivity index (χ1) is 13.6.